The van der Waals surface area contributed by atoms with E-state index in [4.69, 9.17) is 9.72 Å². The zero-order chi connectivity index (χ0) is 20.8. The predicted molar refractivity (Wildman–Crippen MR) is 116 cm³/mol. The van der Waals surface area contributed by atoms with E-state index in [1.165, 1.54) is 6.08 Å². The molecule has 0 N–H and O–H groups in total. The molecule has 5 nitrogen and oxygen atoms in total. The Morgan fingerprint density at radius 3 is 2.52 bits per heavy atom. The Hall–Kier alpha value is -3.47. The summed E-state index contributed by atoms with van der Waals surface area (Å²) >= 11 is 0. The molecule has 0 radical (unpaired) electrons. The van der Waals surface area contributed by atoms with Crippen LogP contribution < -0.4 is 0 Å². The Morgan fingerprint density at radius 2 is 1.79 bits per heavy atom. The zero-order valence-electron chi connectivity index (χ0n) is 16.9. The van der Waals surface area contributed by atoms with E-state index in [1.807, 2.05) is 69.3 Å². The number of nitrogens with zero attached hydrogens (tertiary/aromatic N) is 2. The standard InChI is InChI=1S/C24H22N2O3/c1-15(27)26-20-8-6-5-7-18(20)23-21(26)14-17-13-16(9-11-19(17)25-23)10-12-22(28)29-24(2,3)4/h5-14H,1-4H3/b12-10+. The fourth-order valence-corrected chi connectivity index (χ4v) is 3.49. The van der Waals surface area contributed by atoms with Crippen molar-refractivity contribution in [2.75, 3.05) is 0 Å². The summed E-state index contributed by atoms with van der Waals surface area (Å²) in [6.45, 7) is 7.05. The maximum Gasteiger partial charge on any atom is 0.331 e. The molecule has 0 saturated heterocycles. The van der Waals surface area contributed by atoms with E-state index in [1.54, 1.807) is 17.6 Å². The van der Waals surface area contributed by atoms with Gasteiger partial charge in [-0.25, -0.2) is 9.78 Å². The van der Waals surface area contributed by atoms with Crippen molar-refractivity contribution < 1.29 is 14.3 Å². The summed E-state index contributed by atoms with van der Waals surface area (Å²) in [4.78, 5) is 29.0. The highest BCUT2D eigenvalue weighted by atomic mass is 16.6. The average molecular weight is 386 g/mol. The van der Waals surface area contributed by atoms with Crippen LogP contribution in [-0.2, 0) is 9.53 Å². The average Bonchev–Trinajstić information content (AvgIpc) is 2.96. The van der Waals surface area contributed by atoms with Crippen LogP contribution in [0, 0.1) is 0 Å². The molecular formula is C24H22N2O3. The third-order valence-corrected chi connectivity index (χ3v) is 4.59. The fraction of sp³-hybridized carbons (Fsp3) is 0.208. The normalized spacial score (nSPS) is 12.3. The first kappa shape index (κ1) is 18.9. The van der Waals surface area contributed by atoms with Gasteiger partial charge < -0.3 is 4.74 Å². The first-order valence-electron chi connectivity index (χ1n) is 9.49. The van der Waals surface area contributed by atoms with Crippen molar-refractivity contribution in [3.8, 4) is 0 Å². The Labute approximate surface area is 168 Å². The third kappa shape index (κ3) is 3.63. The van der Waals surface area contributed by atoms with E-state index in [2.05, 4.69) is 0 Å². The number of benzene rings is 2. The SMILES string of the molecule is CC(=O)n1c2ccccc2c2nc3ccc(/C=C/C(=O)OC(C)(C)C)cc3cc21. The lowest BCUT2D eigenvalue weighted by atomic mass is 10.1. The molecule has 0 saturated carbocycles. The number of hydrogen-bond donors (Lipinski definition) is 0. The van der Waals surface area contributed by atoms with Crippen LogP contribution in [0.15, 0.2) is 54.6 Å². The molecular weight excluding hydrogens is 364 g/mol. The number of carbonyl (C=O) groups excluding carboxylic acids is 2. The summed E-state index contributed by atoms with van der Waals surface area (Å²) in [6, 6.07) is 15.5. The minimum atomic E-state index is -0.527. The second-order valence-corrected chi connectivity index (χ2v) is 8.05. The van der Waals surface area contributed by atoms with E-state index in [9.17, 15) is 9.59 Å². The van der Waals surface area contributed by atoms with Crippen molar-refractivity contribution in [3.05, 3.63) is 60.2 Å². The minimum absolute atomic E-state index is 0.0571. The van der Waals surface area contributed by atoms with E-state index >= 15 is 0 Å². The number of rotatable bonds is 2. The summed E-state index contributed by atoms with van der Waals surface area (Å²) < 4.78 is 7.00. The molecule has 0 fully saturated rings. The van der Waals surface area contributed by atoms with Crippen molar-refractivity contribution in [2.24, 2.45) is 0 Å². The van der Waals surface area contributed by atoms with Crippen molar-refractivity contribution in [1.82, 2.24) is 9.55 Å². The molecule has 146 valence electrons. The Balaban J connectivity index is 1.82. The van der Waals surface area contributed by atoms with Gasteiger partial charge >= 0.3 is 5.97 Å². The molecule has 29 heavy (non-hydrogen) atoms. The van der Waals surface area contributed by atoms with E-state index in [-0.39, 0.29) is 11.9 Å². The van der Waals surface area contributed by atoms with Gasteiger partial charge in [0.05, 0.1) is 22.1 Å². The van der Waals surface area contributed by atoms with Gasteiger partial charge in [0, 0.05) is 23.8 Å². The molecule has 0 atom stereocenters. The van der Waals surface area contributed by atoms with Gasteiger partial charge in [-0.15, -0.1) is 0 Å². The molecule has 2 aromatic carbocycles. The lowest BCUT2D eigenvalue weighted by molar-refractivity contribution is -0.148. The molecule has 0 spiro atoms. The summed E-state index contributed by atoms with van der Waals surface area (Å²) in [5, 5.41) is 1.85. The van der Waals surface area contributed by atoms with Crippen LogP contribution in [0.25, 0.3) is 38.9 Å². The highest BCUT2D eigenvalue weighted by Crippen LogP contribution is 2.30. The second-order valence-electron chi connectivity index (χ2n) is 8.05. The highest BCUT2D eigenvalue weighted by Gasteiger charge is 2.16. The molecule has 5 heteroatoms. The first-order valence-corrected chi connectivity index (χ1v) is 9.49. The van der Waals surface area contributed by atoms with Gasteiger partial charge in [0.15, 0.2) is 0 Å². The molecule has 4 aromatic rings. The lowest BCUT2D eigenvalue weighted by Crippen LogP contribution is -2.22. The maximum atomic E-state index is 12.3. The first-order chi connectivity index (χ1) is 13.7. The van der Waals surface area contributed by atoms with Crippen LogP contribution in [-0.4, -0.2) is 27.0 Å². The quantitative estimate of drug-likeness (QED) is 0.344. The molecule has 0 bridgehead atoms. The third-order valence-electron chi connectivity index (χ3n) is 4.59. The number of hydrogen-bond acceptors (Lipinski definition) is 4. The van der Waals surface area contributed by atoms with Crippen molar-refractivity contribution in [3.63, 3.8) is 0 Å². The number of esters is 1. The largest absolute Gasteiger partial charge is 0.457 e. The smallest absolute Gasteiger partial charge is 0.331 e. The van der Waals surface area contributed by atoms with Crippen LogP contribution in [0.3, 0.4) is 0 Å². The maximum absolute atomic E-state index is 12.3. The molecule has 0 aliphatic heterocycles. The van der Waals surface area contributed by atoms with Gasteiger partial charge in [-0.1, -0.05) is 24.3 Å². The van der Waals surface area contributed by atoms with Gasteiger partial charge in [-0.05, 0) is 56.7 Å². The van der Waals surface area contributed by atoms with E-state index in [0.29, 0.717) is 0 Å². The summed E-state index contributed by atoms with van der Waals surface area (Å²) in [6.07, 6.45) is 3.14. The van der Waals surface area contributed by atoms with Crippen molar-refractivity contribution in [1.29, 1.82) is 0 Å². The van der Waals surface area contributed by atoms with Gasteiger partial charge in [0.25, 0.3) is 0 Å². The monoisotopic (exact) mass is 386 g/mol. The minimum Gasteiger partial charge on any atom is -0.457 e. The van der Waals surface area contributed by atoms with Crippen LogP contribution in [0.4, 0.5) is 0 Å². The Morgan fingerprint density at radius 1 is 1.03 bits per heavy atom. The number of aromatic nitrogens is 2. The van der Waals surface area contributed by atoms with Gasteiger partial charge in [0.1, 0.15) is 5.60 Å². The highest BCUT2D eigenvalue weighted by molar-refractivity contribution is 6.13. The molecule has 2 heterocycles. The summed E-state index contributed by atoms with van der Waals surface area (Å²) in [7, 11) is 0. The van der Waals surface area contributed by atoms with Gasteiger partial charge in [-0.3, -0.25) is 9.36 Å². The molecule has 0 aliphatic carbocycles. The number of fused-ring (bicyclic) bond motifs is 4. The van der Waals surface area contributed by atoms with Crippen LogP contribution >= 0.6 is 0 Å². The van der Waals surface area contributed by atoms with Crippen LogP contribution in [0.2, 0.25) is 0 Å². The number of ether oxygens (including phenoxy) is 1. The Bertz CT molecular complexity index is 1310. The molecule has 0 aliphatic rings. The number of carbonyl (C=O) groups is 2. The second kappa shape index (κ2) is 6.85. The van der Waals surface area contributed by atoms with Crippen molar-refractivity contribution in [2.45, 2.75) is 33.3 Å². The van der Waals surface area contributed by atoms with E-state index in [0.717, 1.165) is 38.4 Å². The van der Waals surface area contributed by atoms with Crippen LogP contribution in [0.1, 0.15) is 38.1 Å². The van der Waals surface area contributed by atoms with Gasteiger partial charge in [-0.2, -0.15) is 0 Å². The number of para-hydroxylation sites is 1. The topological polar surface area (TPSA) is 61.2 Å². The van der Waals surface area contributed by atoms with Gasteiger partial charge in [0.2, 0.25) is 5.91 Å². The van der Waals surface area contributed by atoms with Crippen molar-refractivity contribution >= 4 is 50.8 Å². The van der Waals surface area contributed by atoms with E-state index < -0.39 is 5.60 Å². The Kier molecular flexibility index (Phi) is 4.46. The van der Waals surface area contributed by atoms with Crippen LogP contribution in [0.5, 0.6) is 0 Å². The number of pyridine rings is 1. The fourth-order valence-electron chi connectivity index (χ4n) is 3.49. The molecule has 4 rings (SSSR count). The predicted octanol–water partition coefficient (Wildman–Crippen LogP) is 5.36. The summed E-state index contributed by atoms with van der Waals surface area (Å²) in [5.74, 6) is -0.443. The summed E-state index contributed by atoms with van der Waals surface area (Å²) in [5.41, 5.74) is 3.59. The molecule has 0 amide bonds. The molecule has 0 unspecified atom stereocenters. The molecule has 2 aromatic heterocycles. The zero-order valence-corrected chi connectivity index (χ0v) is 16.9. The lowest BCUT2D eigenvalue weighted by Gasteiger charge is -2.17.